The molecule has 0 N–H and O–H groups in total. The highest BCUT2D eigenvalue weighted by Gasteiger charge is 2.17. The number of rotatable bonds is 12. The number of esters is 1. The molecule has 19 heavy (non-hydrogen) atoms. The van der Waals surface area contributed by atoms with Gasteiger partial charge in [0.1, 0.15) is 0 Å². The van der Waals surface area contributed by atoms with Crippen molar-refractivity contribution < 1.29 is 14.3 Å². The van der Waals surface area contributed by atoms with Crippen LogP contribution in [-0.2, 0) is 14.3 Å². The molecule has 0 aromatic heterocycles. The van der Waals surface area contributed by atoms with E-state index in [0.717, 1.165) is 19.3 Å². The molecule has 2 unspecified atom stereocenters. The maximum absolute atomic E-state index is 11.6. The minimum atomic E-state index is -0.442. The van der Waals surface area contributed by atoms with Crippen molar-refractivity contribution in [3.05, 3.63) is 0 Å². The largest absolute Gasteiger partial charge is 0.464 e. The van der Waals surface area contributed by atoms with Crippen molar-refractivity contribution in [2.24, 2.45) is 0 Å². The smallest absolute Gasteiger partial charge is 0.334 e. The van der Waals surface area contributed by atoms with Crippen molar-refractivity contribution in [2.45, 2.75) is 91.3 Å². The van der Waals surface area contributed by atoms with Gasteiger partial charge in [-0.3, -0.25) is 0 Å². The molecule has 0 aliphatic rings. The molecule has 2 atom stereocenters. The fourth-order valence-electron chi connectivity index (χ4n) is 1.94. The van der Waals surface area contributed by atoms with E-state index >= 15 is 0 Å². The second-order valence-electron chi connectivity index (χ2n) is 5.31. The number of ether oxygens (including phenoxy) is 2. The van der Waals surface area contributed by atoms with Crippen LogP contribution in [0.3, 0.4) is 0 Å². The van der Waals surface area contributed by atoms with Crippen LogP contribution in [0.15, 0.2) is 0 Å². The molecule has 3 nitrogen and oxygen atoms in total. The van der Waals surface area contributed by atoms with Gasteiger partial charge < -0.3 is 9.47 Å². The zero-order valence-electron chi connectivity index (χ0n) is 13.2. The average Bonchev–Trinajstić information content (AvgIpc) is 2.38. The minimum Gasteiger partial charge on any atom is -0.464 e. The predicted molar refractivity (Wildman–Crippen MR) is 79.3 cm³/mol. The van der Waals surface area contributed by atoms with E-state index in [1.165, 1.54) is 32.1 Å². The lowest BCUT2D eigenvalue weighted by Gasteiger charge is -2.18. The SMILES string of the molecule is CCCCCCCC(C)OC(C)C(=O)OCCCC. The zero-order chi connectivity index (χ0) is 14.5. The van der Waals surface area contributed by atoms with Crippen LogP contribution >= 0.6 is 0 Å². The fraction of sp³-hybridized carbons (Fsp3) is 0.938. The molecule has 0 aliphatic carbocycles. The standard InChI is InChI=1S/C16H32O3/c1-5-7-9-10-11-12-14(3)19-15(4)16(17)18-13-8-6-2/h14-15H,5-13H2,1-4H3. The molecule has 0 rings (SSSR count). The summed E-state index contributed by atoms with van der Waals surface area (Å²) in [5.41, 5.74) is 0. The molecule has 0 saturated heterocycles. The molecule has 0 heterocycles. The molecule has 0 amide bonds. The first kappa shape index (κ1) is 18.4. The minimum absolute atomic E-state index is 0.135. The Kier molecular flexibility index (Phi) is 12.1. The quantitative estimate of drug-likeness (QED) is 0.388. The Morgan fingerprint density at radius 2 is 1.58 bits per heavy atom. The number of unbranched alkanes of at least 4 members (excludes halogenated alkanes) is 5. The normalized spacial score (nSPS) is 14.1. The summed E-state index contributed by atoms with van der Waals surface area (Å²) in [7, 11) is 0. The molecule has 0 fully saturated rings. The highest BCUT2D eigenvalue weighted by atomic mass is 16.6. The number of hydrogen-bond donors (Lipinski definition) is 0. The van der Waals surface area contributed by atoms with Crippen molar-refractivity contribution in [1.82, 2.24) is 0 Å². The molecular formula is C16H32O3. The van der Waals surface area contributed by atoms with Crippen LogP contribution in [0.5, 0.6) is 0 Å². The van der Waals surface area contributed by atoms with E-state index in [-0.39, 0.29) is 12.1 Å². The lowest BCUT2D eigenvalue weighted by Crippen LogP contribution is -2.27. The van der Waals surface area contributed by atoms with E-state index < -0.39 is 6.10 Å². The second kappa shape index (κ2) is 12.5. The molecule has 0 aromatic rings. The Labute approximate surface area is 119 Å². The van der Waals surface area contributed by atoms with Crippen LogP contribution in [0, 0.1) is 0 Å². The summed E-state index contributed by atoms with van der Waals surface area (Å²) < 4.78 is 10.8. The van der Waals surface area contributed by atoms with Gasteiger partial charge in [-0.2, -0.15) is 0 Å². The summed E-state index contributed by atoms with van der Waals surface area (Å²) in [6.45, 7) is 8.62. The van der Waals surface area contributed by atoms with Crippen molar-refractivity contribution in [3.63, 3.8) is 0 Å². The maximum atomic E-state index is 11.6. The monoisotopic (exact) mass is 272 g/mol. The molecule has 0 saturated carbocycles. The summed E-state index contributed by atoms with van der Waals surface area (Å²) in [4.78, 5) is 11.6. The molecule has 0 bridgehead atoms. The fourth-order valence-corrected chi connectivity index (χ4v) is 1.94. The third-order valence-electron chi connectivity index (χ3n) is 3.22. The van der Waals surface area contributed by atoms with Crippen LogP contribution in [0.25, 0.3) is 0 Å². The zero-order valence-corrected chi connectivity index (χ0v) is 13.2. The van der Waals surface area contributed by atoms with E-state index in [9.17, 15) is 4.79 Å². The first-order chi connectivity index (χ1) is 9.11. The number of carbonyl (C=O) groups is 1. The molecule has 0 radical (unpaired) electrons. The maximum Gasteiger partial charge on any atom is 0.334 e. The highest BCUT2D eigenvalue weighted by molar-refractivity contribution is 5.74. The van der Waals surface area contributed by atoms with Crippen molar-refractivity contribution >= 4 is 5.97 Å². The second-order valence-corrected chi connectivity index (χ2v) is 5.31. The first-order valence-electron chi connectivity index (χ1n) is 7.93. The van der Waals surface area contributed by atoms with Gasteiger partial charge in [0.05, 0.1) is 12.7 Å². The summed E-state index contributed by atoms with van der Waals surface area (Å²) in [5.74, 6) is -0.230. The van der Waals surface area contributed by atoms with Crippen molar-refractivity contribution in [2.75, 3.05) is 6.61 Å². The van der Waals surface area contributed by atoms with Crippen LogP contribution in [0.2, 0.25) is 0 Å². The molecular weight excluding hydrogens is 240 g/mol. The number of carbonyl (C=O) groups excluding carboxylic acids is 1. The lowest BCUT2D eigenvalue weighted by atomic mass is 10.1. The Bertz CT molecular complexity index is 216. The summed E-state index contributed by atoms with van der Waals surface area (Å²) in [6.07, 6.45) is 9.01. The Balaban J connectivity index is 3.61. The van der Waals surface area contributed by atoms with Crippen LogP contribution in [0.4, 0.5) is 0 Å². The van der Waals surface area contributed by atoms with Crippen LogP contribution < -0.4 is 0 Å². The molecule has 3 heteroatoms. The third kappa shape index (κ3) is 11.0. The Hall–Kier alpha value is -0.570. The first-order valence-corrected chi connectivity index (χ1v) is 7.93. The third-order valence-corrected chi connectivity index (χ3v) is 3.22. The Morgan fingerprint density at radius 3 is 2.21 bits per heavy atom. The van der Waals surface area contributed by atoms with E-state index in [2.05, 4.69) is 13.8 Å². The van der Waals surface area contributed by atoms with E-state index in [1.54, 1.807) is 6.92 Å². The van der Waals surface area contributed by atoms with E-state index in [4.69, 9.17) is 9.47 Å². The van der Waals surface area contributed by atoms with Gasteiger partial charge in [0.2, 0.25) is 0 Å². The van der Waals surface area contributed by atoms with Gasteiger partial charge in [-0.05, 0) is 26.7 Å². The van der Waals surface area contributed by atoms with Gasteiger partial charge in [-0.25, -0.2) is 4.79 Å². The Morgan fingerprint density at radius 1 is 0.947 bits per heavy atom. The van der Waals surface area contributed by atoms with Crippen molar-refractivity contribution in [3.8, 4) is 0 Å². The van der Waals surface area contributed by atoms with Gasteiger partial charge in [-0.15, -0.1) is 0 Å². The topological polar surface area (TPSA) is 35.5 Å². The lowest BCUT2D eigenvalue weighted by molar-refractivity contribution is -0.159. The van der Waals surface area contributed by atoms with E-state index in [1.807, 2.05) is 6.92 Å². The van der Waals surface area contributed by atoms with E-state index in [0.29, 0.717) is 6.61 Å². The van der Waals surface area contributed by atoms with Gasteiger partial charge in [0, 0.05) is 0 Å². The molecule has 114 valence electrons. The van der Waals surface area contributed by atoms with Crippen molar-refractivity contribution in [1.29, 1.82) is 0 Å². The molecule has 0 aliphatic heterocycles. The van der Waals surface area contributed by atoms with Gasteiger partial charge >= 0.3 is 5.97 Å². The average molecular weight is 272 g/mol. The van der Waals surface area contributed by atoms with Gasteiger partial charge in [-0.1, -0.05) is 52.4 Å². The summed E-state index contributed by atoms with van der Waals surface area (Å²) >= 11 is 0. The summed E-state index contributed by atoms with van der Waals surface area (Å²) in [6, 6.07) is 0. The van der Waals surface area contributed by atoms with Gasteiger partial charge in [0.15, 0.2) is 6.10 Å². The van der Waals surface area contributed by atoms with Gasteiger partial charge in [0.25, 0.3) is 0 Å². The summed E-state index contributed by atoms with van der Waals surface area (Å²) in [5, 5.41) is 0. The van der Waals surface area contributed by atoms with Crippen LogP contribution in [0.1, 0.15) is 79.1 Å². The highest BCUT2D eigenvalue weighted by Crippen LogP contribution is 2.11. The number of hydrogen-bond acceptors (Lipinski definition) is 3. The van der Waals surface area contributed by atoms with Crippen LogP contribution in [-0.4, -0.2) is 24.8 Å². The molecule has 0 aromatic carbocycles. The predicted octanol–water partition coefficient (Wildman–Crippen LogP) is 4.48. The molecule has 0 spiro atoms.